The average molecular weight is 356 g/mol. The first-order chi connectivity index (χ1) is 13.1. The van der Waals surface area contributed by atoms with Gasteiger partial charge in [-0.1, -0.05) is 17.7 Å². The van der Waals surface area contributed by atoms with Crippen LogP contribution < -0.4 is 4.74 Å². The molecule has 0 radical (unpaired) electrons. The summed E-state index contributed by atoms with van der Waals surface area (Å²) in [6.45, 7) is 4.10. The van der Waals surface area contributed by atoms with E-state index < -0.39 is 0 Å². The van der Waals surface area contributed by atoms with Crippen molar-refractivity contribution in [1.82, 2.24) is 9.38 Å². The standard InChI is InChI=1S/C22H20N4O/c1-15-4-8-18(9-5-15)24-25-22-21(17-6-10-19(27-3)11-7-17)23-20-14-16(2)12-13-26(20)22/h4-14H,1-3H3. The Kier molecular flexibility index (Phi) is 4.42. The Labute approximate surface area is 158 Å². The second kappa shape index (κ2) is 7.03. The number of ether oxygens (including phenoxy) is 1. The molecule has 134 valence electrons. The molecule has 4 aromatic rings. The zero-order valence-corrected chi connectivity index (χ0v) is 15.5. The molecule has 0 fully saturated rings. The molecule has 0 aliphatic carbocycles. The van der Waals surface area contributed by atoms with Crippen LogP contribution >= 0.6 is 0 Å². The van der Waals surface area contributed by atoms with Gasteiger partial charge in [0, 0.05) is 11.8 Å². The van der Waals surface area contributed by atoms with E-state index in [0.717, 1.165) is 33.9 Å². The molecule has 2 aromatic heterocycles. The number of azo groups is 1. The second-order valence-corrected chi connectivity index (χ2v) is 6.48. The lowest BCUT2D eigenvalue weighted by atomic mass is 10.1. The summed E-state index contributed by atoms with van der Waals surface area (Å²) in [4.78, 5) is 4.79. The lowest BCUT2D eigenvalue weighted by Crippen LogP contribution is -1.84. The minimum atomic E-state index is 0.704. The van der Waals surface area contributed by atoms with Crippen LogP contribution in [-0.4, -0.2) is 16.5 Å². The molecule has 2 heterocycles. The molecule has 0 amide bonds. The Morgan fingerprint density at radius 2 is 1.59 bits per heavy atom. The molecule has 0 spiro atoms. The summed E-state index contributed by atoms with van der Waals surface area (Å²) in [6, 6.07) is 19.9. The fourth-order valence-corrected chi connectivity index (χ4v) is 2.89. The zero-order chi connectivity index (χ0) is 18.8. The number of hydrogen-bond acceptors (Lipinski definition) is 4. The monoisotopic (exact) mass is 356 g/mol. The predicted octanol–water partition coefficient (Wildman–Crippen LogP) is 6.04. The van der Waals surface area contributed by atoms with Crippen LogP contribution in [0.3, 0.4) is 0 Å². The van der Waals surface area contributed by atoms with Crippen molar-refractivity contribution < 1.29 is 4.74 Å². The number of pyridine rings is 1. The fraction of sp³-hybridized carbons (Fsp3) is 0.136. The highest BCUT2D eigenvalue weighted by atomic mass is 16.5. The number of hydrogen-bond donors (Lipinski definition) is 0. The van der Waals surface area contributed by atoms with Crippen molar-refractivity contribution in [3.05, 3.63) is 78.0 Å². The van der Waals surface area contributed by atoms with Gasteiger partial charge in [0.2, 0.25) is 0 Å². The number of nitrogens with zero attached hydrogens (tertiary/aromatic N) is 4. The molecule has 0 atom stereocenters. The van der Waals surface area contributed by atoms with Gasteiger partial charge < -0.3 is 4.74 Å². The molecule has 2 aromatic carbocycles. The molecule has 5 nitrogen and oxygen atoms in total. The van der Waals surface area contributed by atoms with E-state index in [2.05, 4.69) is 24.1 Å². The van der Waals surface area contributed by atoms with Crippen LogP contribution in [0.15, 0.2) is 77.1 Å². The SMILES string of the molecule is COc1ccc(-c2nc3cc(C)ccn3c2N=Nc2ccc(C)cc2)cc1. The maximum Gasteiger partial charge on any atom is 0.187 e. The summed E-state index contributed by atoms with van der Waals surface area (Å²) >= 11 is 0. The molecule has 0 saturated carbocycles. The quantitative estimate of drug-likeness (QED) is 0.418. The van der Waals surface area contributed by atoms with Gasteiger partial charge in [-0.25, -0.2) is 4.98 Å². The molecule has 27 heavy (non-hydrogen) atoms. The van der Waals surface area contributed by atoms with Crippen molar-refractivity contribution in [2.75, 3.05) is 7.11 Å². The molecular weight excluding hydrogens is 336 g/mol. The highest BCUT2D eigenvalue weighted by molar-refractivity contribution is 5.75. The van der Waals surface area contributed by atoms with Crippen LogP contribution in [-0.2, 0) is 0 Å². The highest BCUT2D eigenvalue weighted by Crippen LogP contribution is 2.33. The van der Waals surface area contributed by atoms with E-state index in [1.165, 1.54) is 5.56 Å². The largest absolute Gasteiger partial charge is 0.497 e. The number of imidazole rings is 1. The van der Waals surface area contributed by atoms with Crippen molar-refractivity contribution in [3.63, 3.8) is 0 Å². The second-order valence-electron chi connectivity index (χ2n) is 6.48. The summed E-state index contributed by atoms with van der Waals surface area (Å²) in [5.74, 6) is 1.51. The maximum atomic E-state index is 5.26. The summed E-state index contributed by atoms with van der Waals surface area (Å²) in [5.41, 5.74) is 5.75. The molecule has 0 N–H and O–H groups in total. The summed E-state index contributed by atoms with van der Waals surface area (Å²) in [7, 11) is 1.66. The molecule has 0 aliphatic rings. The number of rotatable bonds is 4. The van der Waals surface area contributed by atoms with Gasteiger partial charge in [-0.05, 0) is 67.9 Å². The van der Waals surface area contributed by atoms with Crippen LogP contribution in [0.5, 0.6) is 5.75 Å². The molecular formula is C22H20N4O. The average Bonchev–Trinajstić information content (AvgIpc) is 3.05. The fourth-order valence-electron chi connectivity index (χ4n) is 2.89. The van der Waals surface area contributed by atoms with E-state index in [1.54, 1.807) is 7.11 Å². The third-order valence-electron chi connectivity index (χ3n) is 4.41. The number of aromatic nitrogens is 2. The lowest BCUT2D eigenvalue weighted by Gasteiger charge is -2.02. The van der Waals surface area contributed by atoms with Crippen molar-refractivity contribution in [2.24, 2.45) is 10.2 Å². The van der Waals surface area contributed by atoms with Crippen LogP contribution in [0, 0.1) is 13.8 Å². The summed E-state index contributed by atoms with van der Waals surface area (Å²) in [6.07, 6.45) is 1.98. The smallest absolute Gasteiger partial charge is 0.187 e. The van der Waals surface area contributed by atoms with Crippen molar-refractivity contribution in [2.45, 2.75) is 13.8 Å². The number of aryl methyl sites for hydroxylation is 2. The van der Waals surface area contributed by atoms with Crippen LogP contribution in [0.1, 0.15) is 11.1 Å². The van der Waals surface area contributed by atoms with E-state index in [-0.39, 0.29) is 0 Å². The number of methoxy groups -OCH3 is 1. The summed E-state index contributed by atoms with van der Waals surface area (Å²) < 4.78 is 7.22. The van der Waals surface area contributed by atoms with Gasteiger partial charge in [0.25, 0.3) is 0 Å². The Hall–Kier alpha value is -3.47. The molecule has 0 unspecified atom stereocenters. The first-order valence-corrected chi connectivity index (χ1v) is 8.75. The van der Waals surface area contributed by atoms with Crippen LogP contribution in [0.4, 0.5) is 11.5 Å². The number of benzene rings is 2. The van der Waals surface area contributed by atoms with Gasteiger partial charge in [0.15, 0.2) is 5.82 Å². The molecule has 0 bridgehead atoms. The molecule has 0 saturated heterocycles. The molecule has 0 aliphatic heterocycles. The third-order valence-corrected chi connectivity index (χ3v) is 4.41. The first-order valence-electron chi connectivity index (χ1n) is 8.75. The Bertz CT molecular complexity index is 1110. The Morgan fingerprint density at radius 3 is 2.30 bits per heavy atom. The van der Waals surface area contributed by atoms with E-state index >= 15 is 0 Å². The van der Waals surface area contributed by atoms with E-state index in [9.17, 15) is 0 Å². The maximum absolute atomic E-state index is 5.26. The lowest BCUT2D eigenvalue weighted by molar-refractivity contribution is 0.415. The first kappa shape index (κ1) is 17.0. The Balaban J connectivity index is 1.84. The zero-order valence-electron chi connectivity index (χ0n) is 15.5. The van der Waals surface area contributed by atoms with Crippen LogP contribution in [0.2, 0.25) is 0 Å². The minimum absolute atomic E-state index is 0.704. The topological polar surface area (TPSA) is 51.2 Å². The highest BCUT2D eigenvalue weighted by Gasteiger charge is 2.14. The third kappa shape index (κ3) is 3.44. The van der Waals surface area contributed by atoms with Crippen molar-refractivity contribution >= 4 is 17.2 Å². The van der Waals surface area contributed by atoms with Crippen LogP contribution in [0.25, 0.3) is 16.9 Å². The van der Waals surface area contributed by atoms with Crippen molar-refractivity contribution in [3.8, 4) is 17.0 Å². The molecule has 4 rings (SSSR count). The van der Waals surface area contributed by atoms with E-state index in [4.69, 9.17) is 9.72 Å². The van der Waals surface area contributed by atoms with Gasteiger partial charge >= 0.3 is 0 Å². The predicted molar refractivity (Wildman–Crippen MR) is 107 cm³/mol. The Morgan fingerprint density at radius 1 is 0.852 bits per heavy atom. The minimum Gasteiger partial charge on any atom is -0.497 e. The number of fused-ring (bicyclic) bond motifs is 1. The van der Waals surface area contributed by atoms with Gasteiger partial charge in [-0.15, -0.1) is 10.2 Å². The van der Waals surface area contributed by atoms with Gasteiger partial charge in [-0.3, -0.25) is 4.40 Å². The van der Waals surface area contributed by atoms with Gasteiger partial charge in [0.05, 0.1) is 12.8 Å². The summed E-state index contributed by atoms with van der Waals surface area (Å²) in [5, 5.41) is 8.96. The molecule has 5 heteroatoms. The van der Waals surface area contributed by atoms with Crippen molar-refractivity contribution in [1.29, 1.82) is 0 Å². The van der Waals surface area contributed by atoms with E-state index in [1.807, 2.05) is 71.3 Å². The van der Waals surface area contributed by atoms with Gasteiger partial charge in [-0.2, -0.15) is 0 Å². The normalized spacial score (nSPS) is 11.4. The van der Waals surface area contributed by atoms with Gasteiger partial charge in [0.1, 0.15) is 17.1 Å². The van der Waals surface area contributed by atoms with E-state index in [0.29, 0.717) is 5.82 Å².